The van der Waals surface area contributed by atoms with E-state index in [1.54, 1.807) is 19.9 Å². The van der Waals surface area contributed by atoms with Crippen LogP contribution in [0.15, 0.2) is 66.3 Å². The zero-order valence-electron chi connectivity index (χ0n) is 28.3. The van der Waals surface area contributed by atoms with E-state index in [9.17, 15) is 19.5 Å². The van der Waals surface area contributed by atoms with Crippen molar-refractivity contribution in [1.82, 2.24) is 10.6 Å². The highest BCUT2D eigenvalue weighted by atomic mass is 16.7. The second-order valence-corrected chi connectivity index (χ2v) is 13.2. The fourth-order valence-electron chi connectivity index (χ4n) is 6.09. The number of aliphatic hydroxyl groups is 1. The Morgan fingerprint density at radius 2 is 1.87 bits per heavy atom. The number of carbonyl (C=O) groups is 3. The molecular weight excluding hydrogens is 604 g/mol. The van der Waals surface area contributed by atoms with E-state index in [-0.39, 0.29) is 42.6 Å². The number of hydrogen-bond acceptors (Lipinski definition) is 9. The molecule has 3 N–H and O–H groups in total. The first-order chi connectivity index (χ1) is 22.3. The number of aliphatic hydroxyl groups excluding tert-OH is 1. The van der Waals surface area contributed by atoms with Crippen molar-refractivity contribution in [2.75, 3.05) is 13.2 Å². The zero-order chi connectivity index (χ0) is 34.2. The number of rotatable bonds is 13. The summed E-state index contributed by atoms with van der Waals surface area (Å²) in [6.45, 7) is 11.5. The highest BCUT2D eigenvalue weighted by Crippen LogP contribution is 2.47. The minimum absolute atomic E-state index is 0.0228. The Bertz CT molecular complexity index is 1320. The molecule has 3 aliphatic heterocycles. The third-order valence-corrected chi connectivity index (χ3v) is 8.85. The highest BCUT2D eigenvalue weighted by Gasteiger charge is 2.62. The summed E-state index contributed by atoms with van der Waals surface area (Å²) < 4.78 is 29.2. The van der Waals surface area contributed by atoms with Crippen molar-refractivity contribution in [1.29, 1.82) is 0 Å². The smallest absolute Gasteiger partial charge is 0.303 e. The number of epoxide rings is 1. The summed E-state index contributed by atoms with van der Waals surface area (Å²) in [7, 11) is 0. The van der Waals surface area contributed by atoms with Gasteiger partial charge in [0.1, 0.15) is 30.5 Å². The first-order valence-corrected chi connectivity index (χ1v) is 16.4. The van der Waals surface area contributed by atoms with Crippen LogP contribution < -0.4 is 10.6 Å². The van der Waals surface area contributed by atoms with E-state index in [0.717, 1.165) is 17.6 Å². The van der Waals surface area contributed by atoms with Crippen LogP contribution in [0.3, 0.4) is 0 Å². The number of benzene rings is 1. The van der Waals surface area contributed by atoms with Crippen molar-refractivity contribution in [3.63, 3.8) is 0 Å². The Morgan fingerprint density at radius 3 is 2.55 bits per heavy atom. The molecule has 0 aliphatic carbocycles. The first-order valence-electron chi connectivity index (χ1n) is 16.4. The van der Waals surface area contributed by atoms with Crippen LogP contribution in [0.1, 0.15) is 66.4 Å². The molecule has 3 fully saturated rings. The molecule has 0 bridgehead atoms. The monoisotopic (exact) mass is 654 g/mol. The Kier molecular flexibility index (Phi) is 12.5. The van der Waals surface area contributed by atoms with Gasteiger partial charge in [0, 0.05) is 26.0 Å². The predicted molar refractivity (Wildman–Crippen MR) is 175 cm³/mol. The van der Waals surface area contributed by atoms with E-state index in [1.807, 2.05) is 56.3 Å². The molecule has 3 heterocycles. The maximum Gasteiger partial charge on any atom is 0.303 e. The van der Waals surface area contributed by atoms with Crippen molar-refractivity contribution in [2.24, 2.45) is 5.92 Å². The van der Waals surface area contributed by atoms with Crippen LogP contribution in [-0.4, -0.2) is 84.1 Å². The number of hydrogen-bond donors (Lipinski definition) is 3. The summed E-state index contributed by atoms with van der Waals surface area (Å²) in [5.74, 6) is -1.83. The summed E-state index contributed by atoms with van der Waals surface area (Å²) in [6, 6.07) is 9.50. The van der Waals surface area contributed by atoms with E-state index < -0.39 is 35.7 Å². The molecule has 2 amide bonds. The lowest BCUT2D eigenvalue weighted by atomic mass is 9.87. The van der Waals surface area contributed by atoms with Gasteiger partial charge in [0.05, 0.1) is 24.9 Å². The normalized spacial score (nSPS) is 33.1. The average molecular weight is 655 g/mol. The number of esters is 1. The van der Waals surface area contributed by atoms with E-state index in [1.165, 1.54) is 13.0 Å². The van der Waals surface area contributed by atoms with Gasteiger partial charge in [-0.05, 0) is 58.1 Å². The van der Waals surface area contributed by atoms with E-state index in [2.05, 4.69) is 23.6 Å². The maximum atomic E-state index is 12.5. The van der Waals surface area contributed by atoms with Crippen LogP contribution in [0.4, 0.5) is 0 Å². The van der Waals surface area contributed by atoms with Crippen LogP contribution in [0.2, 0.25) is 0 Å². The van der Waals surface area contributed by atoms with Crippen molar-refractivity contribution in [2.45, 2.75) is 115 Å². The van der Waals surface area contributed by atoms with E-state index in [0.29, 0.717) is 26.0 Å². The molecule has 11 heteroatoms. The summed E-state index contributed by atoms with van der Waals surface area (Å²) in [4.78, 5) is 36.0. The van der Waals surface area contributed by atoms with Gasteiger partial charge >= 0.3 is 5.97 Å². The Morgan fingerprint density at radius 1 is 1.15 bits per heavy atom. The summed E-state index contributed by atoms with van der Waals surface area (Å²) >= 11 is 0. The van der Waals surface area contributed by atoms with Gasteiger partial charge in [-0.15, -0.1) is 0 Å². The van der Waals surface area contributed by atoms with Gasteiger partial charge < -0.3 is 39.4 Å². The van der Waals surface area contributed by atoms with Crippen molar-refractivity contribution in [3.05, 3.63) is 71.8 Å². The van der Waals surface area contributed by atoms with Gasteiger partial charge in [0.15, 0.2) is 5.79 Å². The Hall–Kier alpha value is -3.35. The molecule has 3 saturated heterocycles. The maximum absolute atomic E-state index is 12.5. The third-order valence-electron chi connectivity index (χ3n) is 8.85. The lowest BCUT2D eigenvalue weighted by Crippen LogP contribution is -2.56. The lowest BCUT2D eigenvalue weighted by molar-refractivity contribution is -0.292. The predicted octanol–water partition coefficient (Wildman–Crippen LogP) is 3.65. The fraction of sp³-hybridized carbons (Fsp3) is 0.583. The van der Waals surface area contributed by atoms with Crippen LogP contribution in [-0.2, 0) is 44.6 Å². The van der Waals surface area contributed by atoms with Crippen LogP contribution >= 0.6 is 0 Å². The molecule has 258 valence electrons. The molecule has 0 unspecified atom stereocenters. The molecule has 0 radical (unpaired) electrons. The molecule has 47 heavy (non-hydrogen) atoms. The summed E-state index contributed by atoms with van der Waals surface area (Å²) in [5, 5.41) is 16.9. The molecule has 0 aromatic heterocycles. The van der Waals surface area contributed by atoms with Crippen molar-refractivity contribution < 1.29 is 43.2 Å². The number of ether oxygens (including phenoxy) is 5. The summed E-state index contributed by atoms with van der Waals surface area (Å²) in [6.07, 6.45) is 8.26. The Labute approximate surface area is 277 Å². The largest absolute Gasteiger partial charge is 0.459 e. The molecule has 1 aromatic carbocycles. The standard InChI is InChI=1S/C36H50N2O9/c1-23(12-15-30-24(2)18-29(26(4)46-30)38-32(40)17-14-25(3)45-27(5)39)13-16-31-34(42)36(22-44-36)21-35(6,47-31)43-20-33(41)37-19-28-10-8-7-9-11-28/h7-14,16-17,24-26,29-31,34,42H,15,18-22H2,1-6H3,(H,37,41)(H,38,40)/b16-13+,17-14-,23-12+/t24-,25-,26+,29+,30-,31+,34+,35-,36+/m0/s1. The van der Waals surface area contributed by atoms with Gasteiger partial charge in [-0.2, -0.15) is 0 Å². The molecule has 11 nitrogen and oxygen atoms in total. The number of nitrogens with one attached hydrogen (secondary N) is 2. The number of amides is 2. The van der Waals surface area contributed by atoms with Gasteiger partial charge in [0.25, 0.3) is 0 Å². The van der Waals surface area contributed by atoms with Crippen molar-refractivity contribution >= 4 is 17.8 Å². The molecule has 1 aromatic rings. The van der Waals surface area contributed by atoms with Gasteiger partial charge in [-0.3, -0.25) is 14.4 Å². The SMILES string of the molecule is CC(=O)O[C@@H](C)/C=C\C(=O)N[C@@H]1C[C@H](C)[C@H](C/C=C(C)/C=C/[C@H]2O[C@](C)(OCC(=O)NCc3ccccc3)C[C@@]3(CO3)[C@@H]2O)O[C@@H]1C. The lowest BCUT2D eigenvalue weighted by Gasteiger charge is -2.43. The quantitative estimate of drug-likeness (QED) is 0.126. The minimum Gasteiger partial charge on any atom is -0.459 e. The molecular formula is C36H50N2O9. The highest BCUT2D eigenvalue weighted by molar-refractivity contribution is 5.87. The number of carbonyl (C=O) groups excluding carboxylic acids is 3. The Balaban J connectivity index is 1.26. The molecule has 0 saturated carbocycles. The first kappa shape index (κ1) is 36.5. The second-order valence-electron chi connectivity index (χ2n) is 13.2. The second kappa shape index (κ2) is 16.2. The van der Waals surface area contributed by atoms with Gasteiger partial charge in [-0.1, -0.05) is 61.1 Å². The van der Waals surface area contributed by atoms with Gasteiger partial charge in [-0.25, -0.2) is 0 Å². The summed E-state index contributed by atoms with van der Waals surface area (Å²) in [5.41, 5.74) is 1.21. The van der Waals surface area contributed by atoms with E-state index in [4.69, 9.17) is 23.7 Å². The molecule has 4 rings (SSSR count). The molecule has 9 atom stereocenters. The van der Waals surface area contributed by atoms with Crippen LogP contribution in [0.5, 0.6) is 0 Å². The minimum atomic E-state index is -1.11. The van der Waals surface area contributed by atoms with Crippen molar-refractivity contribution in [3.8, 4) is 0 Å². The molecule has 3 aliphatic rings. The zero-order valence-corrected chi connectivity index (χ0v) is 28.3. The van der Waals surface area contributed by atoms with Crippen LogP contribution in [0.25, 0.3) is 0 Å². The molecule has 1 spiro atoms. The average Bonchev–Trinajstić information content (AvgIpc) is 3.79. The van der Waals surface area contributed by atoms with E-state index >= 15 is 0 Å². The topological polar surface area (TPSA) is 145 Å². The van der Waals surface area contributed by atoms with Crippen LogP contribution in [0, 0.1) is 5.92 Å². The number of allylic oxidation sites excluding steroid dienone is 2. The van der Waals surface area contributed by atoms with Gasteiger partial charge in [0.2, 0.25) is 11.8 Å². The third kappa shape index (κ3) is 10.8. The fourth-order valence-corrected chi connectivity index (χ4v) is 6.09.